The Morgan fingerprint density at radius 2 is 1.57 bits per heavy atom. The Kier molecular flexibility index (Phi) is 6.54. The first-order valence-corrected chi connectivity index (χ1v) is 9.12. The molecule has 0 radical (unpaired) electrons. The molecule has 0 aromatic heterocycles. The highest BCUT2D eigenvalue weighted by atomic mass is 19.1. The highest BCUT2D eigenvalue weighted by Gasteiger charge is 2.17. The summed E-state index contributed by atoms with van der Waals surface area (Å²) in [6.07, 6.45) is 0. The van der Waals surface area contributed by atoms with E-state index in [-0.39, 0.29) is 22.8 Å². The van der Waals surface area contributed by atoms with E-state index < -0.39 is 24.3 Å². The third kappa shape index (κ3) is 5.29. The second-order valence-corrected chi connectivity index (χ2v) is 6.47. The number of para-hydroxylation sites is 1. The van der Waals surface area contributed by atoms with Crippen LogP contribution in [0.1, 0.15) is 26.3 Å². The molecule has 3 aromatic carbocycles. The molecule has 152 valence electrons. The second kappa shape index (κ2) is 9.47. The number of amides is 2. The van der Waals surface area contributed by atoms with Gasteiger partial charge in [-0.05, 0) is 48.9 Å². The molecule has 0 aliphatic rings. The van der Waals surface area contributed by atoms with Crippen LogP contribution in [-0.4, -0.2) is 24.4 Å². The number of ether oxygens (including phenoxy) is 1. The Labute approximate surface area is 172 Å². The van der Waals surface area contributed by atoms with Crippen LogP contribution < -0.4 is 10.6 Å². The van der Waals surface area contributed by atoms with E-state index in [0.29, 0.717) is 11.1 Å². The van der Waals surface area contributed by atoms with Crippen molar-refractivity contribution in [1.29, 1.82) is 0 Å². The monoisotopic (exact) mass is 406 g/mol. The minimum Gasteiger partial charge on any atom is -0.452 e. The number of benzene rings is 3. The van der Waals surface area contributed by atoms with Gasteiger partial charge >= 0.3 is 5.97 Å². The molecule has 2 N–H and O–H groups in total. The van der Waals surface area contributed by atoms with Gasteiger partial charge in [0.2, 0.25) is 0 Å². The molecule has 0 spiro atoms. The number of rotatable bonds is 6. The smallest absolute Gasteiger partial charge is 0.340 e. The van der Waals surface area contributed by atoms with Crippen LogP contribution in [0.4, 0.5) is 15.8 Å². The van der Waals surface area contributed by atoms with Crippen molar-refractivity contribution in [3.63, 3.8) is 0 Å². The summed E-state index contributed by atoms with van der Waals surface area (Å²) >= 11 is 0. The van der Waals surface area contributed by atoms with Gasteiger partial charge in [0.15, 0.2) is 6.61 Å². The van der Waals surface area contributed by atoms with E-state index in [1.807, 2.05) is 0 Å². The minimum atomic E-state index is -0.793. The van der Waals surface area contributed by atoms with Gasteiger partial charge in [-0.3, -0.25) is 9.59 Å². The summed E-state index contributed by atoms with van der Waals surface area (Å²) in [5.41, 5.74) is 1.49. The van der Waals surface area contributed by atoms with Crippen molar-refractivity contribution in [2.45, 2.75) is 6.92 Å². The van der Waals surface area contributed by atoms with Crippen molar-refractivity contribution in [3.05, 3.63) is 95.3 Å². The lowest BCUT2D eigenvalue weighted by molar-refractivity contribution is -0.119. The number of aryl methyl sites for hydroxylation is 1. The summed E-state index contributed by atoms with van der Waals surface area (Å²) in [5, 5.41) is 5.01. The summed E-state index contributed by atoms with van der Waals surface area (Å²) in [4.78, 5) is 36.8. The van der Waals surface area contributed by atoms with Crippen molar-refractivity contribution >= 4 is 29.2 Å². The molecular weight excluding hydrogens is 387 g/mol. The normalized spacial score (nSPS) is 10.2. The third-order valence-electron chi connectivity index (χ3n) is 4.16. The quantitative estimate of drug-likeness (QED) is 0.602. The molecule has 0 heterocycles. The van der Waals surface area contributed by atoms with Crippen LogP contribution in [0.5, 0.6) is 0 Å². The first-order chi connectivity index (χ1) is 14.4. The number of halogens is 1. The van der Waals surface area contributed by atoms with Crippen LogP contribution in [-0.2, 0) is 9.53 Å². The number of hydrogen-bond donors (Lipinski definition) is 2. The lowest BCUT2D eigenvalue weighted by Crippen LogP contribution is -2.22. The number of carbonyl (C=O) groups is 3. The zero-order valence-electron chi connectivity index (χ0n) is 16.1. The van der Waals surface area contributed by atoms with Gasteiger partial charge in [0, 0.05) is 5.56 Å². The van der Waals surface area contributed by atoms with E-state index in [1.165, 1.54) is 18.2 Å². The van der Waals surface area contributed by atoms with Gasteiger partial charge in [-0.1, -0.05) is 36.4 Å². The SMILES string of the molecule is Cc1ccc(NC(=O)COC(=O)c2ccccc2NC(=O)c2ccccc2)c(F)c1. The zero-order valence-corrected chi connectivity index (χ0v) is 16.1. The first kappa shape index (κ1) is 20.7. The summed E-state index contributed by atoms with van der Waals surface area (Å²) < 4.78 is 18.9. The Morgan fingerprint density at radius 1 is 0.867 bits per heavy atom. The third-order valence-corrected chi connectivity index (χ3v) is 4.16. The van der Waals surface area contributed by atoms with Gasteiger partial charge in [0.1, 0.15) is 5.82 Å². The van der Waals surface area contributed by atoms with E-state index in [0.717, 1.165) is 0 Å². The van der Waals surface area contributed by atoms with E-state index in [2.05, 4.69) is 10.6 Å². The van der Waals surface area contributed by atoms with Gasteiger partial charge < -0.3 is 15.4 Å². The van der Waals surface area contributed by atoms with Crippen molar-refractivity contribution in [1.82, 2.24) is 0 Å². The fourth-order valence-corrected chi connectivity index (χ4v) is 2.67. The molecule has 2 amide bonds. The van der Waals surface area contributed by atoms with Crippen LogP contribution in [0, 0.1) is 12.7 Å². The van der Waals surface area contributed by atoms with Crippen LogP contribution in [0.15, 0.2) is 72.8 Å². The Bertz CT molecular complexity index is 1080. The largest absolute Gasteiger partial charge is 0.452 e. The summed E-state index contributed by atoms with van der Waals surface area (Å²) in [6, 6.07) is 19.2. The average Bonchev–Trinajstić information content (AvgIpc) is 2.75. The Morgan fingerprint density at radius 3 is 2.30 bits per heavy atom. The van der Waals surface area contributed by atoms with Crippen molar-refractivity contribution in [2.75, 3.05) is 17.2 Å². The summed E-state index contributed by atoms with van der Waals surface area (Å²) in [5.74, 6) is -2.44. The molecule has 0 saturated heterocycles. The molecule has 0 saturated carbocycles. The van der Waals surface area contributed by atoms with E-state index in [9.17, 15) is 18.8 Å². The van der Waals surface area contributed by atoms with Crippen molar-refractivity contribution in [3.8, 4) is 0 Å². The highest BCUT2D eigenvalue weighted by molar-refractivity contribution is 6.08. The number of carbonyl (C=O) groups excluding carboxylic acids is 3. The van der Waals surface area contributed by atoms with Gasteiger partial charge in [-0.2, -0.15) is 0 Å². The molecule has 0 atom stereocenters. The highest BCUT2D eigenvalue weighted by Crippen LogP contribution is 2.18. The predicted octanol–water partition coefficient (Wildman–Crippen LogP) is 4.18. The van der Waals surface area contributed by atoms with Gasteiger partial charge in [-0.15, -0.1) is 0 Å². The number of anilines is 2. The van der Waals surface area contributed by atoms with Crippen molar-refractivity contribution < 1.29 is 23.5 Å². The number of nitrogens with one attached hydrogen (secondary N) is 2. The molecular formula is C23H19FN2O4. The maximum atomic E-state index is 13.8. The fourth-order valence-electron chi connectivity index (χ4n) is 2.67. The lowest BCUT2D eigenvalue weighted by atomic mass is 10.1. The maximum absolute atomic E-state index is 13.8. The molecule has 7 heteroatoms. The zero-order chi connectivity index (χ0) is 21.5. The number of esters is 1. The standard InChI is InChI=1S/C23H19FN2O4/c1-15-11-12-20(18(24)13-15)25-21(27)14-30-23(29)17-9-5-6-10-19(17)26-22(28)16-7-3-2-4-8-16/h2-13H,14H2,1H3,(H,25,27)(H,26,28). The molecule has 0 aliphatic carbocycles. The Hall–Kier alpha value is -4.00. The maximum Gasteiger partial charge on any atom is 0.340 e. The Balaban J connectivity index is 1.63. The average molecular weight is 406 g/mol. The second-order valence-electron chi connectivity index (χ2n) is 6.47. The van der Waals surface area contributed by atoms with Crippen LogP contribution in [0.3, 0.4) is 0 Å². The fraction of sp³-hybridized carbons (Fsp3) is 0.0870. The first-order valence-electron chi connectivity index (χ1n) is 9.12. The molecule has 0 bridgehead atoms. The molecule has 6 nitrogen and oxygen atoms in total. The minimum absolute atomic E-state index is 0.00262. The molecule has 0 fully saturated rings. The lowest BCUT2D eigenvalue weighted by Gasteiger charge is -2.11. The van der Waals surface area contributed by atoms with E-state index in [1.54, 1.807) is 61.5 Å². The van der Waals surface area contributed by atoms with Crippen molar-refractivity contribution in [2.24, 2.45) is 0 Å². The van der Waals surface area contributed by atoms with Gasteiger partial charge in [0.25, 0.3) is 11.8 Å². The molecule has 0 unspecified atom stereocenters. The molecule has 3 rings (SSSR count). The molecule has 0 aliphatic heterocycles. The summed E-state index contributed by atoms with van der Waals surface area (Å²) in [6.45, 7) is 1.12. The molecule has 3 aromatic rings. The van der Waals surface area contributed by atoms with Crippen LogP contribution in [0.25, 0.3) is 0 Å². The number of hydrogen-bond acceptors (Lipinski definition) is 4. The van der Waals surface area contributed by atoms with E-state index >= 15 is 0 Å². The van der Waals surface area contributed by atoms with Gasteiger partial charge in [-0.25, -0.2) is 9.18 Å². The predicted molar refractivity (Wildman–Crippen MR) is 111 cm³/mol. The summed E-state index contributed by atoms with van der Waals surface area (Å²) in [7, 11) is 0. The van der Waals surface area contributed by atoms with Crippen LogP contribution >= 0.6 is 0 Å². The topological polar surface area (TPSA) is 84.5 Å². The van der Waals surface area contributed by atoms with E-state index in [4.69, 9.17) is 4.74 Å². The van der Waals surface area contributed by atoms with Gasteiger partial charge in [0.05, 0.1) is 16.9 Å². The van der Waals surface area contributed by atoms with Crippen LogP contribution in [0.2, 0.25) is 0 Å². The molecule has 30 heavy (non-hydrogen) atoms.